The molecule has 28 nitrogen and oxygen atoms in total. The quantitative estimate of drug-likeness (QED) is 0.0191. The predicted molar refractivity (Wildman–Crippen MR) is 255 cm³/mol. The molecular weight excluding hydrogens is 947 g/mol. The SMILES string of the molecule is CC(C)C[C@H](NC(=O)[C@H](CCCNC(=N)N)NC(=O)[C@H](CCC(N)=O)NC(=O)[C@@H]1CCC(=O)N1)C(=O)NCC(=O)N[C@@H](CC(N)=O)C(=O)N[C@@H](CCC(N)=O)C(=O)N[C@@H](Cc1c[nH]c2ccccc12)C(=O)O. The van der Waals surface area contributed by atoms with E-state index in [1.165, 1.54) is 0 Å². The predicted octanol–water partition coefficient (Wildman–Crippen LogP) is -5.19. The molecule has 0 radical (unpaired) electrons. The number of rotatable bonds is 31. The van der Waals surface area contributed by atoms with Gasteiger partial charge in [0.05, 0.1) is 13.0 Å². The number of guanidine groups is 1. The number of carbonyl (C=O) groups is 12. The highest BCUT2D eigenvalue weighted by Gasteiger charge is 2.35. The van der Waals surface area contributed by atoms with Crippen molar-refractivity contribution < 1.29 is 62.6 Å². The van der Waals surface area contributed by atoms with Gasteiger partial charge in [-0.3, -0.25) is 58.1 Å². The normalized spacial score (nSPS) is 15.5. The van der Waals surface area contributed by atoms with Gasteiger partial charge in [-0.2, -0.15) is 0 Å². The standard InChI is InChI=1S/C44H65N15O13/c1-21(2)16-29(58-38(66)25(8-5-15-50-44(48)49)55-40(68)27(9-12-32(45)60)56-39(67)26-11-14-35(63)53-26)37(65)52-20-36(64)54-30(18-34(47)62)42(70)57-28(10-13-33(46)61)41(69)59-31(43(71)72)17-22-19-51-24-7-4-3-6-23(22)24/h3-4,6-7,19,21,25-31,51H,5,8-18,20H2,1-2H3,(H2,45,60)(H2,46,61)(H2,47,62)(H,52,65)(H,53,63)(H,54,64)(H,55,68)(H,56,67)(H,57,70)(H,58,66)(H,59,69)(H,71,72)(H4,48,49,50)/t25-,26-,27-,28-,29-,30-,31-/m0/s1. The van der Waals surface area contributed by atoms with Crippen molar-refractivity contribution in [2.24, 2.45) is 28.9 Å². The molecule has 0 bridgehead atoms. The van der Waals surface area contributed by atoms with Crippen molar-refractivity contribution in [2.75, 3.05) is 13.1 Å². The molecule has 1 saturated heterocycles. The third kappa shape index (κ3) is 19.9. The molecule has 0 unspecified atom stereocenters. The molecule has 0 aliphatic carbocycles. The van der Waals surface area contributed by atoms with Crippen LogP contribution >= 0.6 is 0 Å². The third-order valence-electron chi connectivity index (χ3n) is 11.1. The average molecular weight is 1010 g/mol. The number of aliphatic carboxylic acids is 1. The maximum absolute atomic E-state index is 13.9. The van der Waals surface area contributed by atoms with Gasteiger partial charge in [-0.05, 0) is 56.1 Å². The minimum Gasteiger partial charge on any atom is -0.480 e. The van der Waals surface area contributed by atoms with Crippen LogP contribution in [0, 0.1) is 11.3 Å². The van der Waals surface area contributed by atoms with Gasteiger partial charge in [-0.1, -0.05) is 32.0 Å². The van der Waals surface area contributed by atoms with Crippen LogP contribution in [0.3, 0.4) is 0 Å². The van der Waals surface area contributed by atoms with Crippen LogP contribution in [-0.4, -0.2) is 142 Å². The van der Waals surface area contributed by atoms with Gasteiger partial charge in [0.15, 0.2) is 5.96 Å². The van der Waals surface area contributed by atoms with Crippen LogP contribution in [0.4, 0.5) is 0 Å². The number of hydrogen-bond acceptors (Lipinski definition) is 13. The van der Waals surface area contributed by atoms with Gasteiger partial charge in [0.25, 0.3) is 0 Å². The number of para-hydroxylation sites is 1. The molecule has 1 aliphatic heterocycles. The molecule has 20 N–H and O–H groups in total. The Labute approximate surface area is 412 Å². The van der Waals surface area contributed by atoms with Crippen molar-refractivity contribution in [3.63, 3.8) is 0 Å². The second-order valence-electron chi connectivity index (χ2n) is 17.5. The number of aromatic amines is 1. The Hall–Kier alpha value is -8.33. The van der Waals surface area contributed by atoms with Crippen LogP contribution in [0.15, 0.2) is 30.5 Å². The number of benzene rings is 1. The molecule has 394 valence electrons. The lowest BCUT2D eigenvalue weighted by atomic mass is 10.0. The fraction of sp³-hybridized carbons (Fsp3) is 0.523. The zero-order valence-corrected chi connectivity index (χ0v) is 39.9. The van der Waals surface area contributed by atoms with E-state index in [0.717, 1.165) is 0 Å². The first kappa shape index (κ1) is 58.0. The lowest BCUT2D eigenvalue weighted by Crippen LogP contribution is -2.59. The minimum absolute atomic E-state index is 0.0118. The number of hydrogen-bond donors (Lipinski definition) is 16. The summed E-state index contributed by atoms with van der Waals surface area (Å²) in [6.45, 7) is 2.68. The zero-order chi connectivity index (χ0) is 53.7. The summed E-state index contributed by atoms with van der Waals surface area (Å²) in [5.74, 6) is -11.8. The van der Waals surface area contributed by atoms with Gasteiger partial charge in [-0.15, -0.1) is 0 Å². The molecule has 28 heteroatoms. The first-order chi connectivity index (χ1) is 33.9. The number of nitrogens with one attached hydrogen (secondary N) is 11. The molecule has 1 aromatic heterocycles. The smallest absolute Gasteiger partial charge is 0.326 e. The maximum Gasteiger partial charge on any atom is 0.326 e. The number of primary amides is 3. The first-order valence-electron chi connectivity index (χ1n) is 23.0. The fourth-order valence-electron chi connectivity index (χ4n) is 7.45. The van der Waals surface area contributed by atoms with Gasteiger partial charge in [0.2, 0.25) is 65.0 Å². The van der Waals surface area contributed by atoms with E-state index in [4.69, 9.17) is 28.3 Å². The van der Waals surface area contributed by atoms with Crippen LogP contribution in [0.25, 0.3) is 10.9 Å². The number of carboxylic acids is 1. The minimum atomic E-state index is -1.77. The second-order valence-corrected chi connectivity index (χ2v) is 17.5. The van der Waals surface area contributed by atoms with Crippen LogP contribution in [0.1, 0.15) is 83.6 Å². The molecule has 2 aromatic rings. The number of H-pyrrole nitrogens is 1. The number of nitrogens with two attached hydrogens (primary N) is 4. The Morgan fingerprint density at radius 3 is 1.79 bits per heavy atom. The van der Waals surface area contributed by atoms with Crippen LogP contribution < -0.4 is 70.8 Å². The van der Waals surface area contributed by atoms with E-state index in [9.17, 15) is 62.6 Å². The molecule has 1 fully saturated rings. The number of fused-ring (bicyclic) bond motifs is 1. The summed E-state index contributed by atoms with van der Waals surface area (Å²) in [7, 11) is 0. The van der Waals surface area contributed by atoms with Gasteiger partial charge < -0.3 is 80.9 Å². The summed E-state index contributed by atoms with van der Waals surface area (Å²) < 4.78 is 0. The van der Waals surface area contributed by atoms with Crippen LogP contribution in [-0.2, 0) is 64.0 Å². The Morgan fingerprint density at radius 1 is 0.694 bits per heavy atom. The second kappa shape index (κ2) is 28.4. The molecule has 3 rings (SSSR count). The van der Waals surface area contributed by atoms with E-state index in [-0.39, 0.29) is 75.7 Å². The average Bonchev–Trinajstić information content (AvgIpc) is 3.93. The Bertz CT molecular complexity index is 2360. The number of aromatic nitrogens is 1. The van der Waals surface area contributed by atoms with Crippen LogP contribution in [0.5, 0.6) is 0 Å². The van der Waals surface area contributed by atoms with Crippen molar-refractivity contribution in [1.29, 1.82) is 5.41 Å². The van der Waals surface area contributed by atoms with Gasteiger partial charge in [-0.25, -0.2) is 4.79 Å². The van der Waals surface area contributed by atoms with E-state index >= 15 is 0 Å². The van der Waals surface area contributed by atoms with Crippen molar-refractivity contribution in [2.45, 2.75) is 127 Å². The Kier molecular flexibility index (Phi) is 22.8. The van der Waals surface area contributed by atoms with E-state index in [0.29, 0.717) is 16.5 Å². The molecule has 7 atom stereocenters. The van der Waals surface area contributed by atoms with Gasteiger partial charge >= 0.3 is 5.97 Å². The molecule has 1 aromatic carbocycles. The largest absolute Gasteiger partial charge is 0.480 e. The number of carboxylic acid groups (broad SMARTS) is 1. The lowest BCUT2D eigenvalue weighted by Gasteiger charge is -2.26. The van der Waals surface area contributed by atoms with Crippen molar-refractivity contribution in [3.8, 4) is 0 Å². The highest BCUT2D eigenvalue weighted by Crippen LogP contribution is 2.19. The molecule has 0 saturated carbocycles. The summed E-state index contributed by atoms with van der Waals surface area (Å²) in [5, 5.41) is 40.0. The molecule has 1 aliphatic rings. The van der Waals surface area contributed by atoms with Crippen molar-refractivity contribution in [1.82, 2.24) is 52.8 Å². The fourth-order valence-corrected chi connectivity index (χ4v) is 7.45. The van der Waals surface area contributed by atoms with Crippen molar-refractivity contribution in [3.05, 3.63) is 36.0 Å². The molecule has 11 amide bonds. The highest BCUT2D eigenvalue weighted by molar-refractivity contribution is 5.99. The zero-order valence-electron chi connectivity index (χ0n) is 39.9. The first-order valence-corrected chi connectivity index (χ1v) is 23.0. The highest BCUT2D eigenvalue weighted by atomic mass is 16.4. The molecule has 72 heavy (non-hydrogen) atoms. The summed E-state index contributed by atoms with van der Waals surface area (Å²) in [5.41, 5.74) is 22.6. The van der Waals surface area contributed by atoms with E-state index in [2.05, 4.69) is 52.8 Å². The maximum atomic E-state index is 13.9. The summed E-state index contributed by atoms with van der Waals surface area (Å²) in [4.78, 5) is 157. The summed E-state index contributed by atoms with van der Waals surface area (Å²) in [6, 6.07) is -2.95. The van der Waals surface area contributed by atoms with Gasteiger partial charge in [0.1, 0.15) is 42.3 Å². The number of amides is 11. The number of carbonyl (C=O) groups excluding carboxylic acids is 11. The molecular formula is C44H65N15O13. The van der Waals surface area contributed by atoms with E-state index in [1.807, 2.05) is 0 Å². The van der Waals surface area contributed by atoms with Crippen LogP contribution in [0.2, 0.25) is 0 Å². The lowest BCUT2D eigenvalue weighted by molar-refractivity contribution is -0.142. The summed E-state index contributed by atoms with van der Waals surface area (Å²) in [6.07, 6.45) is -0.667. The Morgan fingerprint density at radius 2 is 1.25 bits per heavy atom. The molecule has 0 spiro atoms. The topological polar surface area (TPSA) is 477 Å². The summed E-state index contributed by atoms with van der Waals surface area (Å²) >= 11 is 0. The molecule has 2 heterocycles. The Balaban J connectivity index is 1.74. The van der Waals surface area contributed by atoms with E-state index in [1.54, 1.807) is 44.3 Å². The van der Waals surface area contributed by atoms with E-state index < -0.39 is 133 Å². The van der Waals surface area contributed by atoms with Gasteiger partial charge in [0, 0.05) is 49.3 Å². The monoisotopic (exact) mass is 1010 g/mol. The van der Waals surface area contributed by atoms with Crippen molar-refractivity contribution >= 4 is 87.8 Å². The third-order valence-corrected chi connectivity index (χ3v) is 11.1.